The van der Waals surface area contributed by atoms with Gasteiger partial charge in [0.1, 0.15) is 0 Å². The van der Waals surface area contributed by atoms with Gasteiger partial charge < -0.3 is 10.1 Å². The zero-order chi connectivity index (χ0) is 10.6. The summed E-state index contributed by atoms with van der Waals surface area (Å²) in [5, 5.41) is 9.07. The van der Waals surface area contributed by atoms with Crippen molar-refractivity contribution >= 4 is 12.2 Å². The predicted octanol–water partition coefficient (Wildman–Crippen LogP) is 1.54. The predicted molar refractivity (Wildman–Crippen MR) is 57.8 cm³/mol. The highest BCUT2D eigenvalue weighted by atomic mass is 16.3. The normalized spacial score (nSPS) is 10.7. The van der Waals surface area contributed by atoms with Gasteiger partial charge in [0, 0.05) is 17.3 Å². The van der Waals surface area contributed by atoms with Gasteiger partial charge in [0.2, 0.25) is 0 Å². The Morgan fingerprint density at radius 2 is 2.29 bits per heavy atom. The van der Waals surface area contributed by atoms with E-state index in [0.29, 0.717) is 11.1 Å². The van der Waals surface area contributed by atoms with Gasteiger partial charge in [-0.15, -0.1) is 0 Å². The van der Waals surface area contributed by atoms with E-state index in [4.69, 9.17) is 5.11 Å². The molecule has 3 nitrogen and oxygen atoms in total. The lowest BCUT2D eigenvalue weighted by Gasteiger charge is -2.05. The molecule has 0 amide bonds. The molecule has 0 saturated heterocycles. The molecule has 0 fully saturated rings. The van der Waals surface area contributed by atoms with Crippen LogP contribution in [0.2, 0.25) is 0 Å². The van der Waals surface area contributed by atoms with Crippen LogP contribution in [-0.4, -0.2) is 10.1 Å². The average molecular weight is 191 g/mol. The third-order valence-corrected chi connectivity index (χ3v) is 1.97. The molecule has 0 aliphatic rings. The summed E-state index contributed by atoms with van der Waals surface area (Å²) in [6.07, 6.45) is 6.62. The number of H-pyrrole nitrogens is 1. The first-order valence-corrected chi connectivity index (χ1v) is 4.35. The van der Waals surface area contributed by atoms with Crippen LogP contribution in [0.25, 0.3) is 12.2 Å². The molecule has 0 aliphatic heterocycles. The quantitative estimate of drug-likeness (QED) is 0.761. The van der Waals surface area contributed by atoms with E-state index in [1.54, 1.807) is 6.08 Å². The van der Waals surface area contributed by atoms with Gasteiger partial charge in [-0.3, -0.25) is 4.79 Å². The molecule has 0 aliphatic carbocycles. The summed E-state index contributed by atoms with van der Waals surface area (Å²) >= 11 is 0. The summed E-state index contributed by atoms with van der Waals surface area (Å²) in [5.74, 6) is 0. The second kappa shape index (κ2) is 4.58. The van der Waals surface area contributed by atoms with Crippen molar-refractivity contribution in [3.05, 3.63) is 45.9 Å². The van der Waals surface area contributed by atoms with E-state index in [1.807, 2.05) is 13.0 Å². The van der Waals surface area contributed by atoms with E-state index in [-0.39, 0.29) is 12.2 Å². The summed E-state index contributed by atoms with van der Waals surface area (Å²) in [5.41, 5.74) is 1.73. The third kappa shape index (κ3) is 1.83. The third-order valence-electron chi connectivity index (χ3n) is 1.97. The average Bonchev–Trinajstić information content (AvgIpc) is 2.19. The summed E-state index contributed by atoms with van der Waals surface area (Å²) in [4.78, 5) is 13.9. The van der Waals surface area contributed by atoms with Crippen LogP contribution in [0, 0.1) is 0 Å². The van der Waals surface area contributed by atoms with Crippen molar-refractivity contribution in [2.75, 3.05) is 0 Å². The van der Waals surface area contributed by atoms with Crippen LogP contribution in [0.5, 0.6) is 0 Å². The number of pyridine rings is 1. The second-order valence-electron chi connectivity index (χ2n) is 2.83. The van der Waals surface area contributed by atoms with Crippen LogP contribution in [0.4, 0.5) is 0 Å². The van der Waals surface area contributed by atoms with Crippen molar-refractivity contribution in [1.82, 2.24) is 4.98 Å². The maximum atomic E-state index is 11.4. The van der Waals surface area contributed by atoms with Crippen LogP contribution in [-0.2, 0) is 6.61 Å². The van der Waals surface area contributed by atoms with Gasteiger partial charge in [-0.1, -0.05) is 24.8 Å². The van der Waals surface area contributed by atoms with Gasteiger partial charge in [0.15, 0.2) is 0 Å². The Hall–Kier alpha value is -1.61. The smallest absolute Gasteiger partial charge is 0.255 e. The molecule has 2 N–H and O–H groups in total. The van der Waals surface area contributed by atoms with Crippen molar-refractivity contribution in [2.24, 2.45) is 0 Å². The zero-order valence-corrected chi connectivity index (χ0v) is 8.08. The molecule has 0 spiro atoms. The lowest BCUT2D eigenvalue weighted by atomic mass is 10.0. The molecule has 0 bridgehead atoms. The standard InChI is InChI=1S/C11H13NO2/c1-3-5-10-8(7-13)6-12-11(14)9(10)4-2/h3-6,13H,2,7H2,1H3,(H,12,14)/b5-3-. The van der Waals surface area contributed by atoms with Crippen LogP contribution >= 0.6 is 0 Å². The van der Waals surface area contributed by atoms with Gasteiger partial charge in [-0.25, -0.2) is 0 Å². The first kappa shape index (κ1) is 10.5. The number of rotatable bonds is 3. The SMILES string of the molecule is C=Cc1c(/C=C\C)c(CO)c[nH]c1=O. The molecule has 0 aromatic carbocycles. The van der Waals surface area contributed by atoms with Crippen LogP contribution in [0.15, 0.2) is 23.6 Å². The fourth-order valence-corrected chi connectivity index (χ4v) is 1.30. The van der Waals surface area contributed by atoms with Crippen LogP contribution in [0.3, 0.4) is 0 Å². The molecular weight excluding hydrogens is 178 g/mol. The summed E-state index contributed by atoms with van der Waals surface area (Å²) in [7, 11) is 0. The first-order valence-electron chi connectivity index (χ1n) is 4.35. The molecule has 1 aromatic rings. The number of aliphatic hydroxyl groups excluding tert-OH is 1. The lowest BCUT2D eigenvalue weighted by molar-refractivity contribution is 0.281. The fourth-order valence-electron chi connectivity index (χ4n) is 1.30. The number of aromatic nitrogens is 1. The van der Waals surface area contributed by atoms with Crippen molar-refractivity contribution in [3.63, 3.8) is 0 Å². The number of hydrogen-bond donors (Lipinski definition) is 2. The van der Waals surface area contributed by atoms with E-state index in [0.717, 1.165) is 5.56 Å². The number of allylic oxidation sites excluding steroid dienone is 1. The van der Waals surface area contributed by atoms with Gasteiger partial charge in [-0.2, -0.15) is 0 Å². The Bertz CT molecular complexity index is 416. The molecular formula is C11H13NO2. The molecule has 74 valence electrons. The Kier molecular flexibility index (Phi) is 3.42. The van der Waals surface area contributed by atoms with E-state index < -0.39 is 0 Å². The lowest BCUT2D eigenvalue weighted by Crippen LogP contribution is -2.12. The molecule has 0 unspecified atom stereocenters. The van der Waals surface area contributed by atoms with Crippen LogP contribution < -0.4 is 5.56 Å². The molecule has 0 atom stereocenters. The largest absolute Gasteiger partial charge is 0.392 e. The van der Waals surface area contributed by atoms with Gasteiger partial charge in [0.25, 0.3) is 5.56 Å². The number of aromatic amines is 1. The highest BCUT2D eigenvalue weighted by Gasteiger charge is 2.06. The first-order chi connectivity index (χ1) is 6.74. The second-order valence-corrected chi connectivity index (χ2v) is 2.83. The molecule has 1 rings (SSSR count). The topological polar surface area (TPSA) is 53.1 Å². The summed E-state index contributed by atoms with van der Waals surface area (Å²) < 4.78 is 0. The van der Waals surface area contributed by atoms with Crippen LogP contribution in [0.1, 0.15) is 23.6 Å². The van der Waals surface area contributed by atoms with Crippen molar-refractivity contribution in [3.8, 4) is 0 Å². The molecule has 0 radical (unpaired) electrons. The minimum absolute atomic E-state index is 0.0999. The van der Waals surface area contributed by atoms with E-state index >= 15 is 0 Å². The Morgan fingerprint density at radius 3 is 2.79 bits per heavy atom. The Morgan fingerprint density at radius 1 is 1.57 bits per heavy atom. The molecule has 14 heavy (non-hydrogen) atoms. The van der Waals surface area contributed by atoms with Crippen molar-refractivity contribution < 1.29 is 5.11 Å². The molecule has 3 heteroatoms. The monoisotopic (exact) mass is 191 g/mol. The molecule has 0 saturated carbocycles. The fraction of sp³-hybridized carbons (Fsp3) is 0.182. The Balaban J connectivity index is 3.51. The Labute approximate surface area is 82.4 Å². The maximum absolute atomic E-state index is 11.4. The maximum Gasteiger partial charge on any atom is 0.255 e. The van der Waals surface area contributed by atoms with E-state index in [9.17, 15) is 4.79 Å². The van der Waals surface area contributed by atoms with Crippen molar-refractivity contribution in [2.45, 2.75) is 13.5 Å². The molecule has 1 aromatic heterocycles. The van der Waals surface area contributed by atoms with E-state index in [1.165, 1.54) is 12.3 Å². The van der Waals surface area contributed by atoms with Gasteiger partial charge >= 0.3 is 0 Å². The van der Waals surface area contributed by atoms with Crippen molar-refractivity contribution in [1.29, 1.82) is 0 Å². The zero-order valence-electron chi connectivity index (χ0n) is 8.08. The van der Waals surface area contributed by atoms with E-state index in [2.05, 4.69) is 11.6 Å². The number of nitrogens with one attached hydrogen (secondary N) is 1. The highest BCUT2D eigenvalue weighted by molar-refractivity contribution is 5.65. The minimum Gasteiger partial charge on any atom is -0.392 e. The van der Waals surface area contributed by atoms with Gasteiger partial charge in [0.05, 0.1) is 6.61 Å². The number of hydrogen-bond acceptors (Lipinski definition) is 2. The summed E-state index contributed by atoms with van der Waals surface area (Å²) in [6.45, 7) is 5.33. The minimum atomic E-state index is -0.190. The van der Waals surface area contributed by atoms with Gasteiger partial charge in [-0.05, 0) is 12.5 Å². The molecule has 1 heterocycles. The highest BCUT2D eigenvalue weighted by Crippen LogP contribution is 2.13. The summed E-state index contributed by atoms with van der Waals surface area (Å²) in [6, 6.07) is 0. The number of aliphatic hydroxyl groups is 1.